The van der Waals surface area contributed by atoms with E-state index < -0.39 is 0 Å². The quantitative estimate of drug-likeness (QED) is 0.182. The average molecular weight is 518 g/mol. The monoisotopic (exact) mass is 518 g/mol. The first kappa shape index (κ1) is 26.1. The van der Waals surface area contributed by atoms with Crippen LogP contribution in [0.3, 0.4) is 0 Å². The summed E-state index contributed by atoms with van der Waals surface area (Å²) < 4.78 is 11.0. The summed E-state index contributed by atoms with van der Waals surface area (Å²) in [4.78, 5) is 6.79. The van der Waals surface area contributed by atoms with Gasteiger partial charge in [-0.25, -0.2) is 0 Å². The summed E-state index contributed by atoms with van der Waals surface area (Å²) in [5, 5.41) is 6.63. The van der Waals surface area contributed by atoms with Gasteiger partial charge in [-0.05, 0) is 43.5 Å². The van der Waals surface area contributed by atoms with Crippen molar-refractivity contribution in [3.8, 4) is 0 Å². The predicted octanol–water partition coefficient (Wildman–Crippen LogP) is 3.40. The molecule has 1 saturated heterocycles. The first-order chi connectivity index (χ1) is 13.8. The van der Waals surface area contributed by atoms with E-state index in [0.717, 1.165) is 38.6 Å². The summed E-state index contributed by atoms with van der Waals surface area (Å²) >= 11 is 0. The number of guanidine groups is 1. The number of nitrogens with zero attached hydrogens (tertiary/aromatic N) is 2. The Bertz CT molecular complexity index is 548. The van der Waals surface area contributed by atoms with Crippen molar-refractivity contribution in [2.75, 3.05) is 53.1 Å². The molecule has 0 aromatic heterocycles. The fourth-order valence-electron chi connectivity index (χ4n) is 3.18. The number of unbranched alkanes of at least 4 members (excludes halogenated alkanes) is 1. The van der Waals surface area contributed by atoms with Crippen LogP contribution in [0, 0.1) is 0 Å². The molecule has 0 atom stereocenters. The smallest absolute Gasteiger partial charge is 0.191 e. The second kappa shape index (κ2) is 16.8. The molecule has 6 nitrogen and oxygen atoms in total. The third-order valence-electron chi connectivity index (χ3n) is 4.86. The lowest BCUT2D eigenvalue weighted by atomic mass is 10.1. The van der Waals surface area contributed by atoms with Crippen LogP contribution in [0.1, 0.15) is 43.7 Å². The van der Waals surface area contributed by atoms with Gasteiger partial charge in [-0.1, -0.05) is 37.6 Å². The number of ether oxygens (including phenoxy) is 2. The minimum atomic E-state index is 0. The van der Waals surface area contributed by atoms with Crippen LogP contribution in [0.15, 0.2) is 29.3 Å². The van der Waals surface area contributed by atoms with E-state index in [9.17, 15) is 0 Å². The van der Waals surface area contributed by atoms with E-state index in [0.29, 0.717) is 19.8 Å². The Morgan fingerprint density at radius 2 is 1.62 bits per heavy atom. The van der Waals surface area contributed by atoms with Gasteiger partial charge in [-0.2, -0.15) is 0 Å². The Labute approximate surface area is 193 Å². The van der Waals surface area contributed by atoms with Crippen molar-refractivity contribution < 1.29 is 9.47 Å². The highest BCUT2D eigenvalue weighted by atomic mass is 127. The van der Waals surface area contributed by atoms with Crippen LogP contribution in [0.2, 0.25) is 0 Å². The number of likely N-dealkylation sites (tertiary alicyclic amines) is 1. The maximum absolute atomic E-state index is 5.56. The van der Waals surface area contributed by atoms with Crippen LogP contribution < -0.4 is 10.6 Å². The van der Waals surface area contributed by atoms with E-state index in [4.69, 9.17) is 9.47 Å². The Kier molecular flexibility index (Phi) is 15.2. The van der Waals surface area contributed by atoms with Crippen molar-refractivity contribution in [1.82, 2.24) is 15.5 Å². The highest BCUT2D eigenvalue weighted by molar-refractivity contribution is 14.0. The highest BCUT2D eigenvalue weighted by Crippen LogP contribution is 2.13. The van der Waals surface area contributed by atoms with Gasteiger partial charge in [0.15, 0.2) is 5.96 Å². The SMILES string of the molecule is CCCCOCCOCCNC(=NC)NCc1ccc(CN2CCCC2)cc1.I. The Morgan fingerprint density at radius 3 is 2.28 bits per heavy atom. The van der Waals surface area contributed by atoms with E-state index in [1.807, 2.05) is 0 Å². The minimum Gasteiger partial charge on any atom is -0.379 e. The molecule has 2 rings (SSSR count). The second-order valence-corrected chi connectivity index (χ2v) is 7.23. The number of aliphatic imine (C=N–C) groups is 1. The molecule has 0 spiro atoms. The van der Waals surface area contributed by atoms with Gasteiger partial charge >= 0.3 is 0 Å². The zero-order valence-electron chi connectivity index (χ0n) is 18.1. The summed E-state index contributed by atoms with van der Waals surface area (Å²) in [7, 11) is 1.79. The van der Waals surface area contributed by atoms with Crippen LogP contribution in [-0.4, -0.2) is 64.0 Å². The average Bonchev–Trinajstić information content (AvgIpc) is 3.23. The van der Waals surface area contributed by atoms with Crippen molar-refractivity contribution in [2.45, 2.75) is 45.7 Å². The largest absolute Gasteiger partial charge is 0.379 e. The second-order valence-electron chi connectivity index (χ2n) is 7.23. The molecule has 1 fully saturated rings. The highest BCUT2D eigenvalue weighted by Gasteiger charge is 2.11. The van der Waals surface area contributed by atoms with Gasteiger partial charge < -0.3 is 20.1 Å². The maximum Gasteiger partial charge on any atom is 0.191 e. The zero-order chi connectivity index (χ0) is 19.9. The normalized spacial score (nSPS) is 14.6. The number of hydrogen-bond acceptors (Lipinski definition) is 4. The van der Waals surface area contributed by atoms with Gasteiger partial charge in [0.05, 0.1) is 19.8 Å². The zero-order valence-corrected chi connectivity index (χ0v) is 20.5. The summed E-state index contributed by atoms with van der Waals surface area (Å²) in [6.07, 6.45) is 4.96. The fourth-order valence-corrected chi connectivity index (χ4v) is 3.18. The molecule has 0 saturated carbocycles. The number of halogens is 1. The molecular weight excluding hydrogens is 479 g/mol. The molecule has 0 unspecified atom stereocenters. The van der Waals surface area contributed by atoms with Crippen LogP contribution in [0.5, 0.6) is 0 Å². The van der Waals surface area contributed by atoms with Gasteiger partial charge in [0, 0.05) is 33.3 Å². The summed E-state index contributed by atoms with van der Waals surface area (Å²) in [6.45, 7) is 9.97. The van der Waals surface area contributed by atoms with Crippen molar-refractivity contribution in [3.63, 3.8) is 0 Å². The molecule has 0 radical (unpaired) electrons. The molecule has 0 aliphatic carbocycles. The number of benzene rings is 1. The molecule has 1 heterocycles. The molecule has 1 aromatic rings. The van der Waals surface area contributed by atoms with Crippen molar-refractivity contribution >= 4 is 29.9 Å². The molecule has 1 aromatic carbocycles. The Hall–Kier alpha value is -0.900. The van der Waals surface area contributed by atoms with Gasteiger partial charge in [0.25, 0.3) is 0 Å². The van der Waals surface area contributed by atoms with Crippen LogP contribution in [0.4, 0.5) is 0 Å². The molecular formula is C22H39IN4O2. The molecule has 1 aliphatic rings. The lowest BCUT2D eigenvalue weighted by Crippen LogP contribution is -2.38. The van der Waals surface area contributed by atoms with Crippen LogP contribution in [0.25, 0.3) is 0 Å². The first-order valence-electron chi connectivity index (χ1n) is 10.7. The molecule has 7 heteroatoms. The number of rotatable bonds is 13. The Balaban J connectivity index is 0.00000420. The summed E-state index contributed by atoms with van der Waals surface area (Å²) in [6, 6.07) is 8.88. The van der Waals surface area contributed by atoms with E-state index in [1.165, 1.54) is 43.5 Å². The third kappa shape index (κ3) is 11.8. The van der Waals surface area contributed by atoms with E-state index in [-0.39, 0.29) is 24.0 Å². The van der Waals surface area contributed by atoms with E-state index in [1.54, 1.807) is 7.05 Å². The van der Waals surface area contributed by atoms with Gasteiger partial charge in [-0.3, -0.25) is 9.89 Å². The minimum absolute atomic E-state index is 0. The van der Waals surface area contributed by atoms with Gasteiger partial charge in [0.1, 0.15) is 0 Å². The van der Waals surface area contributed by atoms with Gasteiger partial charge in [0.2, 0.25) is 0 Å². The number of hydrogen-bond donors (Lipinski definition) is 2. The van der Waals surface area contributed by atoms with E-state index >= 15 is 0 Å². The van der Waals surface area contributed by atoms with E-state index in [2.05, 4.69) is 51.7 Å². The van der Waals surface area contributed by atoms with Crippen molar-refractivity contribution in [2.24, 2.45) is 4.99 Å². The summed E-state index contributed by atoms with van der Waals surface area (Å²) in [5.41, 5.74) is 2.65. The molecule has 2 N–H and O–H groups in total. The fraction of sp³-hybridized carbons (Fsp3) is 0.682. The molecule has 0 amide bonds. The Morgan fingerprint density at radius 1 is 0.966 bits per heavy atom. The molecule has 29 heavy (non-hydrogen) atoms. The molecule has 0 bridgehead atoms. The van der Waals surface area contributed by atoms with Crippen molar-refractivity contribution in [1.29, 1.82) is 0 Å². The molecule has 1 aliphatic heterocycles. The topological polar surface area (TPSA) is 58.1 Å². The van der Waals surface area contributed by atoms with Crippen LogP contribution in [-0.2, 0) is 22.6 Å². The standard InChI is InChI=1S/C22H38N4O2.HI/c1-3-4-14-27-16-17-28-15-11-24-22(23-2)25-18-20-7-9-21(10-8-20)19-26-12-5-6-13-26;/h7-10H,3-6,11-19H2,1-2H3,(H2,23,24,25);1H. The van der Waals surface area contributed by atoms with Crippen LogP contribution >= 0.6 is 24.0 Å². The molecule has 166 valence electrons. The first-order valence-corrected chi connectivity index (χ1v) is 10.7. The summed E-state index contributed by atoms with van der Waals surface area (Å²) in [5.74, 6) is 0.795. The predicted molar refractivity (Wildman–Crippen MR) is 131 cm³/mol. The van der Waals surface area contributed by atoms with Gasteiger partial charge in [-0.15, -0.1) is 24.0 Å². The van der Waals surface area contributed by atoms with Crippen molar-refractivity contribution in [3.05, 3.63) is 35.4 Å². The lowest BCUT2D eigenvalue weighted by molar-refractivity contribution is 0.0487. The third-order valence-corrected chi connectivity index (χ3v) is 4.86. The maximum atomic E-state index is 5.56. The lowest BCUT2D eigenvalue weighted by Gasteiger charge is -2.15. The number of nitrogens with one attached hydrogen (secondary N) is 2.